The zero-order valence-corrected chi connectivity index (χ0v) is 33.8. The largest absolute Gasteiger partial charge is 0.494 e. The number of rotatable bonds is 12. The van der Waals surface area contributed by atoms with Gasteiger partial charge in [0.15, 0.2) is 11.6 Å². The SMILES string of the molecule is CC(NC(=O)COCCCCOc1ccc(-c2ncc(N3N(C)SN(c4ccc(C#N)c(C(F)(F)F)c4F)C(=O)C3(C)C)cc2F)c(C(F)(F)F)c1)C(C)(C)C.S. The Kier molecular flexibility index (Phi) is 14.9. The van der Waals surface area contributed by atoms with Crippen LogP contribution in [0, 0.1) is 28.4 Å². The van der Waals surface area contributed by atoms with Gasteiger partial charge in [0.1, 0.15) is 29.2 Å². The molecular weight excluding hydrogens is 809 g/mol. The Hall–Kier alpha value is -4.32. The number of hydrogen-bond donors (Lipinski definition) is 1. The molecule has 1 aromatic heterocycles. The van der Waals surface area contributed by atoms with Crippen LogP contribution in [-0.4, -0.2) is 59.7 Å². The predicted octanol–water partition coefficient (Wildman–Crippen LogP) is 8.82. The van der Waals surface area contributed by atoms with Gasteiger partial charge >= 0.3 is 12.4 Å². The molecule has 0 aliphatic carbocycles. The standard InChI is InChI=1S/C37H40F8N6O4S.H2S/c1-21(34(2,3)4)48-29(52)20-54-14-8-9-15-55-24-11-12-25(26(17-24)36(40,41)42)32-27(38)16-23(19-47-32)51-35(5,6)33(53)50(56-49(51)7)28-13-10-22(18-46)30(31(28)39)37(43,44)45;/h10-13,16-17,19,21H,8-9,14-15,20H2,1-7H3,(H,48,52);1H2. The number of benzene rings is 2. The van der Waals surface area contributed by atoms with Gasteiger partial charge in [-0.3, -0.25) is 19.6 Å². The van der Waals surface area contributed by atoms with E-state index in [0.717, 1.165) is 36.5 Å². The smallest absolute Gasteiger partial charge is 0.420 e. The Morgan fingerprint density at radius 1 is 1.02 bits per heavy atom. The lowest BCUT2D eigenvalue weighted by Crippen LogP contribution is -2.64. The highest BCUT2D eigenvalue weighted by Gasteiger charge is 2.49. The molecule has 1 aliphatic heterocycles. The molecule has 1 fully saturated rings. The normalized spacial score (nSPS) is 15.5. The Bertz CT molecular complexity index is 1990. The zero-order valence-electron chi connectivity index (χ0n) is 32.0. The van der Waals surface area contributed by atoms with Crippen LogP contribution in [-0.2, 0) is 26.7 Å². The van der Waals surface area contributed by atoms with Gasteiger partial charge in [-0.25, -0.2) is 13.1 Å². The first kappa shape index (κ1) is 47.1. The van der Waals surface area contributed by atoms with Crippen molar-refractivity contribution in [2.24, 2.45) is 5.41 Å². The van der Waals surface area contributed by atoms with Crippen LogP contribution < -0.4 is 19.4 Å². The van der Waals surface area contributed by atoms with E-state index in [4.69, 9.17) is 14.7 Å². The van der Waals surface area contributed by atoms with Crippen molar-refractivity contribution in [3.63, 3.8) is 0 Å². The van der Waals surface area contributed by atoms with E-state index in [1.807, 2.05) is 27.7 Å². The fourth-order valence-electron chi connectivity index (χ4n) is 5.57. The molecule has 1 unspecified atom stereocenters. The van der Waals surface area contributed by atoms with E-state index in [9.17, 15) is 35.9 Å². The molecule has 1 atom stereocenters. The maximum Gasteiger partial charge on any atom is 0.420 e. The summed E-state index contributed by atoms with van der Waals surface area (Å²) in [4.78, 5) is 29.7. The quantitative estimate of drug-likeness (QED) is 0.109. The number of nitrogens with one attached hydrogen (secondary N) is 1. The Morgan fingerprint density at radius 2 is 1.67 bits per heavy atom. The average molecular weight is 851 g/mol. The second kappa shape index (κ2) is 18.1. The Labute approximate surface area is 336 Å². The summed E-state index contributed by atoms with van der Waals surface area (Å²) in [6.07, 6.45) is -8.32. The van der Waals surface area contributed by atoms with Crippen LogP contribution in [0.25, 0.3) is 11.3 Å². The summed E-state index contributed by atoms with van der Waals surface area (Å²) in [5.41, 5.74) is -8.08. The van der Waals surface area contributed by atoms with Crippen molar-refractivity contribution in [3.05, 3.63) is 70.9 Å². The first-order valence-electron chi connectivity index (χ1n) is 17.1. The highest BCUT2D eigenvalue weighted by Crippen LogP contribution is 2.45. The van der Waals surface area contributed by atoms with Crippen LogP contribution in [0.2, 0.25) is 0 Å². The fraction of sp³-hybridized carbons (Fsp3) is 0.459. The molecule has 2 heterocycles. The number of amides is 2. The molecule has 0 bridgehead atoms. The number of nitriles is 1. The molecule has 0 saturated carbocycles. The van der Waals surface area contributed by atoms with Crippen LogP contribution in [0.4, 0.5) is 46.5 Å². The number of nitrogens with zero attached hydrogens (tertiary/aromatic N) is 5. The van der Waals surface area contributed by atoms with Gasteiger partial charge in [0.25, 0.3) is 5.91 Å². The molecule has 3 aromatic rings. The summed E-state index contributed by atoms with van der Waals surface area (Å²) in [5.74, 6) is -4.39. The van der Waals surface area contributed by atoms with Gasteiger partial charge < -0.3 is 14.8 Å². The van der Waals surface area contributed by atoms with E-state index in [2.05, 4.69) is 10.3 Å². The molecule has 4 rings (SSSR count). The highest BCUT2D eigenvalue weighted by molar-refractivity contribution is 7.99. The number of pyridine rings is 1. The fourth-order valence-corrected chi connectivity index (χ4v) is 6.70. The number of aromatic nitrogens is 1. The number of alkyl halides is 6. The van der Waals surface area contributed by atoms with Crippen LogP contribution in [0.3, 0.4) is 0 Å². The van der Waals surface area contributed by atoms with Crippen molar-refractivity contribution in [2.75, 3.05) is 36.2 Å². The first-order valence-corrected chi connectivity index (χ1v) is 17.9. The van der Waals surface area contributed by atoms with Crippen LogP contribution >= 0.6 is 25.6 Å². The van der Waals surface area contributed by atoms with Gasteiger partial charge in [-0.1, -0.05) is 20.8 Å². The molecule has 1 aliphatic rings. The molecular formula is C37H42F8N6O4S2. The summed E-state index contributed by atoms with van der Waals surface area (Å²) >= 11 is 0.446. The number of unbranched alkanes of at least 4 members (excludes halogenated alkanes) is 1. The van der Waals surface area contributed by atoms with Crippen LogP contribution in [0.15, 0.2) is 42.6 Å². The number of halogens is 8. The van der Waals surface area contributed by atoms with E-state index in [-0.39, 0.29) is 62.1 Å². The predicted molar refractivity (Wildman–Crippen MR) is 203 cm³/mol. The number of carbonyl (C=O) groups excluding carboxylic acids is 2. The van der Waals surface area contributed by atoms with Gasteiger partial charge in [0.2, 0.25) is 5.91 Å². The topological polar surface area (TPSA) is 111 Å². The third-order valence-corrected chi connectivity index (χ3v) is 9.87. The molecule has 20 heteroatoms. The molecule has 312 valence electrons. The minimum absolute atomic E-state index is 0. The lowest BCUT2D eigenvalue weighted by molar-refractivity contribution is -0.140. The number of anilines is 2. The summed E-state index contributed by atoms with van der Waals surface area (Å²) in [7, 11) is 1.34. The number of hydrazine groups is 1. The molecule has 2 amide bonds. The van der Waals surface area contributed by atoms with Gasteiger partial charge in [0.05, 0.1) is 53.5 Å². The minimum atomic E-state index is -5.25. The maximum absolute atomic E-state index is 15.7. The van der Waals surface area contributed by atoms with E-state index >= 15 is 8.78 Å². The second-order valence-electron chi connectivity index (χ2n) is 14.4. The zero-order chi connectivity index (χ0) is 42.0. The minimum Gasteiger partial charge on any atom is -0.494 e. The molecule has 0 spiro atoms. The molecule has 0 radical (unpaired) electrons. The first-order chi connectivity index (χ1) is 25.9. The average Bonchev–Trinajstić information content (AvgIpc) is 3.08. The van der Waals surface area contributed by atoms with Crippen molar-refractivity contribution in [1.29, 1.82) is 5.26 Å². The van der Waals surface area contributed by atoms with Crippen LogP contribution in [0.1, 0.15) is 71.1 Å². The molecule has 1 saturated heterocycles. The molecule has 1 N–H and O–H groups in total. The van der Waals surface area contributed by atoms with E-state index in [1.165, 1.54) is 42.5 Å². The van der Waals surface area contributed by atoms with Gasteiger partial charge in [-0.2, -0.15) is 45.1 Å². The van der Waals surface area contributed by atoms with Gasteiger partial charge in [-0.15, -0.1) is 4.41 Å². The third kappa shape index (κ3) is 10.8. The van der Waals surface area contributed by atoms with Gasteiger partial charge in [-0.05, 0) is 69.4 Å². The van der Waals surface area contributed by atoms with Crippen molar-refractivity contribution >= 4 is 48.8 Å². The number of carbonyl (C=O) groups is 2. The van der Waals surface area contributed by atoms with Crippen molar-refractivity contribution in [3.8, 4) is 23.1 Å². The third-order valence-electron chi connectivity index (χ3n) is 8.95. The summed E-state index contributed by atoms with van der Waals surface area (Å²) in [5, 5.41) is 13.1. The van der Waals surface area contributed by atoms with Crippen molar-refractivity contribution in [1.82, 2.24) is 14.7 Å². The summed E-state index contributed by atoms with van der Waals surface area (Å²) in [6.45, 7) is 10.6. The van der Waals surface area contributed by atoms with E-state index < -0.39 is 69.1 Å². The monoisotopic (exact) mass is 850 g/mol. The summed E-state index contributed by atoms with van der Waals surface area (Å²) < 4.78 is 128. The molecule has 10 nitrogen and oxygen atoms in total. The van der Waals surface area contributed by atoms with Gasteiger partial charge in [0, 0.05) is 31.3 Å². The lowest BCUT2D eigenvalue weighted by atomic mass is 9.88. The second-order valence-corrected chi connectivity index (χ2v) is 15.5. The van der Waals surface area contributed by atoms with E-state index in [0.29, 0.717) is 29.3 Å². The number of ether oxygens (including phenoxy) is 2. The van der Waals surface area contributed by atoms with Crippen molar-refractivity contribution in [2.45, 2.75) is 78.3 Å². The number of hydrogen-bond acceptors (Lipinski definition) is 9. The van der Waals surface area contributed by atoms with E-state index in [1.54, 1.807) is 0 Å². The Morgan fingerprint density at radius 3 is 2.25 bits per heavy atom. The van der Waals surface area contributed by atoms with Crippen molar-refractivity contribution < 1.29 is 54.2 Å². The highest BCUT2D eigenvalue weighted by atomic mass is 32.2. The molecule has 57 heavy (non-hydrogen) atoms. The summed E-state index contributed by atoms with van der Waals surface area (Å²) in [6, 6.07) is 6.61. The molecule has 2 aromatic carbocycles. The van der Waals surface area contributed by atoms with Crippen LogP contribution in [0.5, 0.6) is 5.75 Å². The lowest BCUT2D eigenvalue weighted by Gasteiger charge is -2.50. The Balaban J connectivity index is 0.00000870. The maximum atomic E-state index is 15.7.